The van der Waals surface area contributed by atoms with Crippen molar-refractivity contribution in [2.24, 2.45) is 0 Å². The summed E-state index contributed by atoms with van der Waals surface area (Å²) < 4.78 is 5.25. The second-order valence-electron chi connectivity index (χ2n) is 5.73. The zero-order chi connectivity index (χ0) is 18.4. The first-order valence-corrected chi connectivity index (χ1v) is 9.08. The van der Waals surface area contributed by atoms with Gasteiger partial charge in [0.05, 0.1) is 10.7 Å². The summed E-state index contributed by atoms with van der Waals surface area (Å²) in [5, 5.41) is 5.74. The van der Waals surface area contributed by atoms with Gasteiger partial charge in [-0.05, 0) is 6.92 Å². The topological polar surface area (TPSA) is 84.1 Å². The van der Waals surface area contributed by atoms with Crippen LogP contribution in [0, 0.1) is 6.92 Å². The summed E-state index contributed by atoms with van der Waals surface area (Å²) in [6.07, 6.45) is 2.11. The van der Waals surface area contributed by atoms with E-state index in [0.29, 0.717) is 13.0 Å². The number of carbonyl (C=O) groups is 1. The fraction of sp³-hybridized carbons (Fsp3) is 0.211. The van der Waals surface area contributed by atoms with Gasteiger partial charge >= 0.3 is 0 Å². The number of nitrogens with zero attached hydrogens (tertiary/aromatic N) is 1. The number of nitrogens with one attached hydrogen (secondary N) is 2. The summed E-state index contributed by atoms with van der Waals surface area (Å²) in [7, 11) is 0. The highest BCUT2D eigenvalue weighted by atomic mass is 32.1. The molecule has 26 heavy (non-hydrogen) atoms. The first kappa shape index (κ1) is 17.9. The number of carbonyl (C=O) groups excluding carboxylic acids is 1. The second kappa shape index (κ2) is 8.44. The Balaban J connectivity index is 1.44. The van der Waals surface area contributed by atoms with Gasteiger partial charge in [0.15, 0.2) is 12.4 Å². The predicted molar refractivity (Wildman–Crippen MR) is 102 cm³/mol. The average Bonchev–Trinajstić information content (AvgIpc) is 3.11. The minimum atomic E-state index is -0.273. The lowest BCUT2D eigenvalue weighted by Crippen LogP contribution is -2.31. The van der Waals surface area contributed by atoms with E-state index < -0.39 is 0 Å². The van der Waals surface area contributed by atoms with E-state index in [0.717, 1.165) is 22.0 Å². The van der Waals surface area contributed by atoms with Crippen molar-refractivity contribution in [1.29, 1.82) is 0 Å². The van der Waals surface area contributed by atoms with Crippen LogP contribution in [0.4, 0.5) is 0 Å². The van der Waals surface area contributed by atoms with Crippen LogP contribution in [0.3, 0.4) is 0 Å². The molecular weight excluding hydrogens is 350 g/mol. The highest BCUT2D eigenvalue weighted by Crippen LogP contribution is 2.21. The van der Waals surface area contributed by atoms with Crippen molar-refractivity contribution >= 4 is 17.2 Å². The van der Waals surface area contributed by atoms with Crippen LogP contribution >= 0.6 is 11.3 Å². The van der Waals surface area contributed by atoms with Crippen LogP contribution in [0.2, 0.25) is 0 Å². The SMILES string of the molecule is Cc1cc(=O)c(OCC(=O)NCCc2nc(-c3ccccc3)cs2)c[nH]1. The molecule has 0 saturated carbocycles. The highest BCUT2D eigenvalue weighted by Gasteiger charge is 2.07. The number of thiazole rings is 1. The van der Waals surface area contributed by atoms with E-state index >= 15 is 0 Å². The van der Waals surface area contributed by atoms with Crippen molar-refractivity contribution in [2.75, 3.05) is 13.2 Å². The van der Waals surface area contributed by atoms with E-state index in [9.17, 15) is 9.59 Å². The Bertz CT molecular complexity index is 934. The molecule has 0 aliphatic rings. The zero-order valence-electron chi connectivity index (χ0n) is 14.3. The summed E-state index contributed by atoms with van der Waals surface area (Å²) >= 11 is 1.57. The number of benzene rings is 1. The molecule has 0 aliphatic carbocycles. The van der Waals surface area contributed by atoms with E-state index in [4.69, 9.17) is 4.74 Å². The summed E-state index contributed by atoms with van der Waals surface area (Å²) in [4.78, 5) is 31.0. The van der Waals surface area contributed by atoms with E-state index in [1.807, 2.05) is 35.7 Å². The zero-order valence-corrected chi connectivity index (χ0v) is 15.1. The van der Waals surface area contributed by atoms with Crippen LogP contribution in [0.5, 0.6) is 5.75 Å². The maximum atomic E-state index is 11.8. The summed E-state index contributed by atoms with van der Waals surface area (Å²) in [5.74, 6) is -0.136. The molecule has 2 aromatic heterocycles. The molecule has 0 fully saturated rings. The van der Waals surface area contributed by atoms with Crippen molar-refractivity contribution < 1.29 is 9.53 Å². The predicted octanol–water partition coefficient (Wildman–Crippen LogP) is 2.54. The number of hydrogen-bond donors (Lipinski definition) is 2. The molecule has 0 saturated heterocycles. The maximum Gasteiger partial charge on any atom is 0.257 e. The fourth-order valence-electron chi connectivity index (χ4n) is 2.34. The number of aryl methyl sites for hydroxylation is 1. The van der Waals surface area contributed by atoms with Crippen molar-refractivity contribution in [3.8, 4) is 17.0 Å². The van der Waals surface area contributed by atoms with Crippen LogP contribution in [0.15, 0.2) is 52.8 Å². The van der Waals surface area contributed by atoms with Gasteiger partial charge in [-0.25, -0.2) is 4.98 Å². The Labute approximate surface area is 154 Å². The van der Waals surface area contributed by atoms with Crippen molar-refractivity contribution in [2.45, 2.75) is 13.3 Å². The van der Waals surface area contributed by atoms with E-state index in [2.05, 4.69) is 15.3 Å². The lowest BCUT2D eigenvalue weighted by molar-refractivity contribution is -0.123. The Hall–Kier alpha value is -2.93. The molecule has 1 aromatic carbocycles. The van der Waals surface area contributed by atoms with Gasteiger partial charge in [0.25, 0.3) is 5.91 Å². The molecule has 2 N–H and O–H groups in total. The number of aromatic amines is 1. The standard InChI is InChI=1S/C19H19N3O3S/c1-13-9-16(23)17(10-21-13)25-11-18(24)20-8-7-19-22-15(12-26-19)14-5-3-2-4-6-14/h2-6,9-10,12H,7-8,11H2,1H3,(H,20,24)(H,21,23). The molecule has 3 rings (SSSR count). The molecule has 7 heteroatoms. The Kier molecular flexibility index (Phi) is 5.80. The Morgan fingerprint density at radius 3 is 2.88 bits per heavy atom. The minimum Gasteiger partial charge on any atom is -0.478 e. The van der Waals surface area contributed by atoms with Crippen LogP contribution in [-0.4, -0.2) is 29.0 Å². The monoisotopic (exact) mass is 369 g/mol. The molecule has 3 aromatic rings. The number of ether oxygens (including phenoxy) is 1. The Morgan fingerprint density at radius 2 is 2.12 bits per heavy atom. The van der Waals surface area contributed by atoms with Gasteiger partial charge in [-0.2, -0.15) is 0 Å². The molecule has 1 amide bonds. The molecule has 0 aliphatic heterocycles. The fourth-order valence-corrected chi connectivity index (χ4v) is 3.15. The van der Waals surface area contributed by atoms with Crippen LogP contribution in [0.25, 0.3) is 11.3 Å². The maximum absolute atomic E-state index is 11.8. The number of rotatable bonds is 7. The van der Waals surface area contributed by atoms with Gasteiger partial charge < -0.3 is 15.0 Å². The van der Waals surface area contributed by atoms with Gasteiger partial charge in [-0.1, -0.05) is 30.3 Å². The van der Waals surface area contributed by atoms with Gasteiger partial charge in [0.2, 0.25) is 5.43 Å². The summed E-state index contributed by atoms with van der Waals surface area (Å²) in [6.45, 7) is 2.05. The summed E-state index contributed by atoms with van der Waals surface area (Å²) in [6, 6.07) is 11.4. The molecule has 6 nitrogen and oxygen atoms in total. The first-order valence-electron chi connectivity index (χ1n) is 8.20. The van der Waals surface area contributed by atoms with E-state index in [1.165, 1.54) is 12.3 Å². The van der Waals surface area contributed by atoms with Crippen molar-refractivity contribution in [3.05, 3.63) is 68.9 Å². The smallest absolute Gasteiger partial charge is 0.257 e. The third kappa shape index (κ3) is 4.80. The highest BCUT2D eigenvalue weighted by molar-refractivity contribution is 7.09. The van der Waals surface area contributed by atoms with E-state index in [1.54, 1.807) is 18.3 Å². The first-order chi connectivity index (χ1) is 12.6. The second-order valence-corrected chi connectivity index (χ2v) is 6.67. The van der Waals surface area contributed by atoms with Crippen LogP contribution in [-0.2, 0) is 11.2 Å². The van der Waals surface area contributed by atoms with E-state index in [-0.39, 0.29) is 23.7 Å². The molecule has 0 bridgehead atoms. The normalized spacial score (nSPS) is 10.5. The quantitative estimate of drug-likeness (QED) is 0.670. The summed E-state index contributed by atoms with van der Waals surface area (Å²) in [5.41, 5.74) is 2.52. The number of H-pyrrole nitrogens is 1. The van der Waals surface area contributed by atoms with Gasteiger partial charge in [0.1, 0.15) is 0 Å². The lowest BCUT2D eigenvalue weighted by Gasteiger charge is -2.06. The van der Waals surface area contributed by atoms with Crippen molar-refractivity contribution in [1.82, 2.24) is 15.3 Å². The average molecular weight is 369 g/mol. The van der Waals surface area contributed by atoms with Gasteiger partial charge in [-0.15, -0.1) is 11.3 Å². The van der Waals surface area contributed by atoms with Gasteiger partial charge in [-0.3, -0.25) is 9.59 Å². The minimum absolute atomic E-state index is 0.137. The molecule has 134 valence electrons. The number of aromatic nitrogens is 2. The third-order valence-electron chi connectivity index (χ3n) is 3.66. The molecule has 2 heterocycles. The van der Waals surface area contributed by atoms with Gasteiger partial charge in [0, 0.05) is 41.9 Å². The molecular formula is C19H19N3O3S. The van der Waals surface area contributed by atoms with Crippen LogP contribution in [0.1, 0.15) is 10.7 Å². The molecule has 0 atom stereocenters. The largest absolute Gasteiger partial charge is 0.478 e. The number of hydrogen-bond acceptors (Lipinski definition) is 5. The Morgan fingerprint density at radius 1 is 1.31 bits per heavy atom. The number of pyridine rings is 1. The molecule has 0 unspecified atom stereocenters. The number of amides is 1. The molecule has 0 spiro atoms. The third-order valence-corrected chi connectivity index (χ3v) is 4.57. The molecule has 0 radical (unpaired) electrons. The lowest BCUT2D eigenvalue weighted by atomic mass is 10.2. The van der Waals surface area contributed by atoms with Crippen molar-refractivity contribution in [3.63, 3.8) is 0 Å². The van der Waals surface area contributed by atoms with Crippen LogP contribution < -0.4 is 15.5 Å².